The van der Waals surface area contributed by atoms with E-state index in [0.29, 0.717) is 37.0 Å². The number of amides is 2. The molecule has 1 aliphatic heterocycles. The smallest absolute Gasteiger partial charge is 0.225 e. The van der Waals surface area contributed by atoms with E-state index in [9.17, 15) is 14.7 Å². The van der Waals surface area contributed by atoms with E-state index in [0.717, 1.165) is 60.9 Å². The maximum atomic E-state index is 13.5. The molecule has 2 aliphatic rings. The van der Waals surface area contributed by atoms with Crippen molar-refractivity contribution in [1.29, 1.82) is 0 Å². The number of nitrogens with zero attached hydrogens (tertiary/aromatic N) is 1. The van der Waals surface area contributed by atoms with Gasteiger partial charge in [-0.3, -0.25) is 9.59 Å². The molecule has 0 unspecified atom stereocenters. The Morgan fingerprint density at radius 1 is 1.16 bits per heavy atom. The summed E-state index contributed by atoms with van der Waals surface area (Å²) in [6, 6.07) is 14.3. The van der Waals surface area contributed by atoms with Crippen LogP contribution in [0.3, 0.4) is 0 Å². The first-order valence-corrected chi connectivity index (χ1v) is 14.4. The van der Waals surface area contributed by atoms with E-state index in [4.69, 9.17) is 11.6 Å². The van der Waals surface area contributed by atoms with Crippen LogP contribution in [0.2, 0.25) is 5.02 Å². The number of halogens is 1. The Morgan fingerprint density at radius 3 is 2.66 bits per heavy atom. The maximum absolute atomic E-state index is 13.5. The van der Waals surface area contributed by atoms with Gasteiger partial charge in [-0.2, -0.15) is 0 Å². The summed E-state index contributed by atoms with van der Waals surface area (Å²) in [5.74, 6) is 0.0507. The molecular formula is C31H42ClN3O3. The second-order valence-corrected chi connectivity index (χ2v) is 11.6. The van der Waals surface area contributed by atoms with Gasteiger partial charge in [0.2, 0.25) is 11.8 Å². The number of hydrogen-bond donors (Lipinski definition) is 3. The molecule has 4 rings (SSSR count). The molecular weight excluding hydrogens is 498 g/mol. The number of aryl methyl sites for hydroxylation is 1. The number of rotatable bonds is 9. The molecule has 206 valence electrons. The summed E-state index contributed by atoms with van der Waals surface area (Å²) in [6.07, 6.45) is 5.58. The highest BCUT2D eigenvalue weighted by Crippen LogP contribution is 2.46. The summed E-state index contributed by atoms with van der Waals surface area (Å²) >= 11 is 6.82. The fourth-order valence-corrected chi connectivity index (χ4v) is 6.74. The van der Waals surface area contributed by atoms with Gasteiger partial charge in [-0.25, -0.2) is 0 Å². The van der Waals surface area contributed by atoms with Crippen LogP contribution >= 0.6 is 11.6 Å². The lowest BCUT2D eigenvalue weighted by Crippen LogP contribution is -2.49. The topological polar surface area (TPSA) is 81.7 Å². The molecule has 2 amide bonds. The zero-order valence-corrected chi connectivity index (χ0v) is 23.7. The van der Waals surface area contributed by atoms with Gasteiger partial charge >= 0.3 is 0 Å². The van der Waals surface area contributed by atoms with Crippen molar-refractivity contribution in [2.75, 3.05) is 26.7 Å². The predicted octanol–water partition coefficient (Wildman–Crippen LogP) is 5.05. The standard InChI is InChI=1S/C31H42ClN3O3/c1-21-8-4-9-23(18-21)29-27(11-5-12-28(29)32)31(38,15-7-16-34-22(2)36)25-10-6-17-35(20-25)30(37)24-13-14-26(19-24)33-3/h4-5,8-9,11-12,18,24-26,33,38H,6-7,10,13-17,19-20H2,1-3H3,(H,34,36)/t24-,25-,26+,31+/m1/s1. The summed E-state index contributed by atoms with van der Waals surface area (Å²) in [6.45, 7) is 5.30. The normalized spacial score (nSPS) is 23.2. The molecule has 3 N–H and O–H groups in total. The largest absolute Gasteiger partial charge is 0.385 e. The number of carbonyl (C=O) groups excluding carboxylic acids is 2. The fraction of sp³-hybridized carbons (Fsp3) is 0.548. The predicted molar refractivity (Wildman–Crippen MR) is 153 cm³/mol. The second kappa shape index (κ2) is 12.6. The number of aliphatic hydroxyl groups is 1. The average molecular weight is 540 g/mol. The van der Waals surface area contributed by atoms with Gasteiger partial charge in [-0.05, 0) is 76.1 Å². The first kappa shape index (κ1) is 28.6. The molecule has 0 radical (unpaired) electrons. The van der Waals surface area contributed by atoms with Crippen LogP contribution in [0.15, 0.2) is 42.5 Å². The van der Waals surface area contributed by atoms with Crippen LogP contribution in [-0.2, 0) is 15.2 Å². The number of piperidine rings is 1. The van der Waals surface area contributed by atoms with Crippen molar-refractivity contribution in [2.24, 2.45) is 11.8 Å². The minimum atomic E-state index is -1.20. The SMILES string of the molecule is CN[C@H]1CC[C@@H](C(=O)N2CCC[C@@H]([C@@](O)(CCCNC(C)=O)c3cccc(Cl)c3-c3cccc(C)c3)C2)C1. The monoisotopic (exact) mass is 539 g/mol. The summed E-state index contributed by atoms with van der Waals surface area (Å²) < 4.78 is 0. The van der Waals surface area contributed by atoms with Gasteiger partial charge in [0.1, 0.15) is 0 Å². The third-order valence-corrected chi connectivity index (χ3v) is 8.81. The van der Waals surface area contributed by atoms with E-state index in [-0.39, 0.29) is 23.7 Å². The van der Waals surface area contributed by atoms with E-state index in [1.54, 1.807) is 0 Å². The maximum Gasteiger partial charge on any atom is 0.225 e. The van der Waals surface area contributed by atoms with Crippen molar-refractivity contribution >= 4 is 23.4 Å². The zero-order valence-electron chi connectivity index (χ0n) is 22.9. The molecule has 38 heavy (non-hydrogen) atoms. The molecule has 1 saturated carbocycles. The van der Waals surface area contributed by atoms with Gasteiger partial charge in [0.15, 0.2) is 0 Å². The summed E-state index contributed by atoms with van der Waals surface area (Å²) in [5.41, 5.74) is 2.53. The Kier molecular flexibility index (Phi) is 9.50. The molecule has 4 atom stereocenters. The van der Waals surface area contributed by atoms with Crippen molar-refractivity contribution < 1.29 is 14.7 Å². The Hall–Kier alpha value is -2.41. The first-order valence-electron chi connectivity index (χ1n) is 14.0. The van der Waals surface area contributed by atoms with E-state index in [1.165, 1.54) is 6.92 Å². The number of likely N-dealkylation sites (tertiary alicyclic amines) is 1. The van der Waals surface area contributed by atoms with E-state index >= 15 is 0 Å². The molecule has 0 aromatic heterocycles. The number of hydrogen-bond acceptors (Lipinski definition) is 4. The van der Waals surface area contributed by atoms with Gasteiger partial charge in [-0.1, -0.05) is 53.6 Å². The van der Waals surface area contributed by atoms with E-state index in [1.807, 2.05) is 55.3 Å². The number of benzene rings is 2. The van der Waals surface area contributed by atoms with Crippen molar-refractivity contribution in [2.45, 2.75) is 70.4 Å². The van der Waals surface area contributed by atoms with Crippen LogP contribution in [0.5, 0.6) is 0 Å². The van der Waals surface area contributed by atoms with Crippen LogP contribution in [0, 0.1) is 18.8 Å². The molecule has 2 aromatic rings. The molecule has 2 fully saturated rings. The third kappa shape index (κ3) is 6.41. The minimum absolute atomic E-state index is 0.0492. The molecule has 1 aliphatic carbocycles. The number of carbonyl (C=O) groups is 2. The number of nitrogens with one attached hydrogen (secondary N) is 2. The van der Waals surface area contributed by atoms with Crippen molar-refractivity contribution in [3.05, 3.63) is 58.6 Å². The van der Waals surface area contributed by atoms with Crippen molar-refractivity contribution in [3.63, 3.8) is 0 Å². The lowest BCUT2D eigenvalue weighted by atomic mass is 9.72. The Labute approximate surface area is 232 Å². The van der Waals surface area contributed by atoms with Crippen LogP contribution < -0.4 is 10.6 Å². The molecule has 1 saturated heterocycles. The van der Waals surface area contributed by atoms with Gasteiger partial charge in [0.25, 0.3) is 0 Å². The lowest BCUT2D eigenvalue weighted by Gasteiger charge is -2.44. The van der Waals surface area contributed by atoms with Gasteiger partial charge in [0.05, 0.1) is 5.60 Å². The average Bonchev–Trinajstić information content (AvgIpc) is 3.40. The summed E-state index contributed by atoms with van der Waals surface area (Å²) in [5, 5.41) is 19.4. The summed E-state index contributed by atoms with van der Waals surface area (Å²) in [7, 11) is 1.96. The van der Waals surface area contributed by atoms with E-state index in [2.05, 4.69) is 16.7 Å². The van der Waals surface area contributed by atoms with Crippen LogP contribution in [0.4, 0.5) is 0 Å². The molecule has 6 nitrogen and oxygen atoms in total. The van der Waals surface area contributed by atoms with Crippen LogP contribution in [-0.4, -0.2) is 54.5 Å². The Morgan fingerprint density at radius 2 is 1.95 bits per heavy atom. The third-order valence-electron chi connectivity index (χ3n) is 8.49. The molecule has 1 heterocycles. The highest BCUT2D eigenvalue weighted by molar-refractivity contribution is 6.33. The molecule has 2 aromatic carbocycles. The lowest BCUT2D eigenvalue weighted by molar-refractivity contribution is -0.141. The van der Waals surface area contributed by atoms with Crippen molar-refractivity contribution in [3.8, 4) is 11.1 Å². The van der Waals surface area contributed by atoms with E-state index < -0.39 is 5.60 Å². The molecule has 7 heteroatoms. The fourth-order valence-electron chi connectivity index (χ4n) is 6.45. The minimum Gasteiger partial charge on any atom is -0.385 e. The second-order valence-electron chi connectivity index (χ2n) is 11.2. The van der Waals surface area contributed by atoms with Gasteiger partial charge < -0.3 is 20.6 Å². The molecule has 0 spiro atoms. The highest BCUT2D eigenvalue weighted by Gasteiger charge is 2.44. The van der Waals surface area contributed by atoms with Gasteiger partial charge in [-0.15, -0.1) is 0 Å². The highest BCUT2D eigenvalue weighted by atomic mass is 35.5. The van der Waals surface area contributed by atoms with Crippen LogP contribution in [0.1, 0.15) is 63.0 Å². The zero-order chi connectivity index (χ0) is 27.3. The van der Waals surface area contributed by atoms with Gasteiger partial charge in [0, 0.05) is 55.0 Å². The Balaban J connectivity index is 1.67. The Bertz CT molecular complexity index is 1140. The van der Waals surface area contributed by atoms with Crippen molar-refractivity contribution in [1.82, 2.24) is 15.5 Å². The first-order chi connectivity index (χ1) is 18.2. The summed E-state index contributed by atoms with van der Waals surface area (Å²) in [4.78, 5) is 27.0. The van der Waals surface area contributed by atoms with Crippen LogP contribution in [0.25, 0.3) is 11.1 Å². The quantitative estimate of drug-likeness (QED) is 0.390. The molecule has 0 bridgehead atoms.